The first-order valence-electron chi connectivity index (χ1n) is 12.9. The smallest absolute Gasteiger partial charge is 0.412 e. The average Bonchev–Trinajstić information content (AvgIpc) is 3.68. The molecule has 1 aliphatic rings. The molecule has 1 amide bonds. The number of amides is 1. The summed E-state index contributed by atoms with van der Waals surface area (Å²) in [4.78, 5) is 25.1. The number of carbonyl (C=O) groups excluding carboxylic acids is 2. The Kier molecular flexibility index (Phi) is 7.57. The number of halogens is 1. The van der Waals surface area contributed by atoms with Gasteiger partial charge in [-0.15, -0.1) is 0 Å². The fourth-order valence-electron chi connectivity index (χ4n) is 4.67. The quantitative estimate of drug-likeness (QED) is 0.210. The van der Waals surface area contributed by atoms with Gasteiger partial charge in [-0.2, -0.15) is 0 Å². The van der Waals surface area contributed by atoms with Crippen molar-refractivity contribution in [1.82, 2.24) is 5.16 Å². The summed E-state index contributed by atoms with van der Waals surface area (Å²) in [7, 11) is 0. The van der Waals surface area contributed by atoms with Gasteiger partial charge in [-0.25, -0.2) is 4.79 Å². The number of nitrogens with one attached hydrogen (secondary N) is 1. The van der Waals surface area contributed by atoms with Gasteiger partial charge in [0.25, 0.3) is 0 Å². The van der Waals surface area contributed by atoms with Crippen LogP contribution in [0.25, 0.3) is 22.5 Å². The first-order valence-corrected chi connectivity index (χ1v) is 13.7. The molecule has 0 spiro atoms. The highest BCUT2D eigenvalue weighted by molar-refractivity contribution is 9.10. The lowest BCUT2D eigenvalue weighted by Crippen LogP contribution is -2.23. The maximum absolute atomic E-state index is 12.7. The van der Waals surface area contributed by atoms with Crippen LogP contribution >= 0.6 is 15.9 Å². The van der Waals surface area contributed by atoms with Gasteiger partial charge in [-0.3, -0.25) is 10.1 Å². The molecule has 200 valence electrons. The molecule has 0 unspecified atom stereocenters. The number of aromatic nitrogens is 1. The van der Waals surface area contributed by atoms with Crippen LogP contribution in [0.4, 0.5) is 10.5 Å². The lowest BCUT2D eigenvalue weighted by Gasteiger charge is -2.15. The largest absolute Gasteiger partial charge is 0.465 e. The number of benzene rings is 3. The zero-order chi connectivity index (χ0) is 27.6. The Morgan fingerprint density at radius 3 is 2.23 bits per heavy atom. The van der Waals surface area contributed by atoms with Gasteiger partial charge in [0.15, 0.2) is 5.76 Å². The highest BCUT2D eigenvalue weighted by atomic mass is 79.9. The standard InChI is InChI=1S/C31H29BrN2O5/c1-4-37-29(35)31(17-18-31)24-15-13-22(14-16-24)21-9-11-23(12-10-21)28-27(19(2)34-39-28)33-30(36)38-20(3)25-7-5-6-8-26(25)32/h5-16,20H,4,17-18H2,1-3H3,(H,33,36)/t20-/m1/s1. The number of carbonyl (C=O) groups is 2. The van der Waals surface area contributed by atoms with Crippen molar-refractivity contribution in [3.8, 4) is 22.5 Å². The predicted molar refractivity (Wildman–Crippen MR) is 152 cm³/mol. The molecule has 8 heteroatoms. The van der Waals surface area contributed by atoms with Gasteiger partial charge in [0, 0.05) is 15.6 Å². The molecule has 1 saturated carbocycles. The summed E-state index contributed by atoms with van der Waals surface area (Å²) in [5.74, 6) is 0.310. The molecule has 1 N–H and O–H groups in total. The average molecular weight is 589 g/mol. The molecule has 0 saturated heterocycles. The van der Waals surface area contributed by atoms with E-state index in [0.29, 0.717) is 23.7 Å². The number of esters is 1. The molecule has 1 aliphatic carbocycles. The summed E-state index contributed by atoms with van der Waals surface area (Å²) in [6.07, 6.45) is 0.590. The summed E-state index contributed by atoms with van der Waals surface area (Å²) >= 11 is 3.49. The van der Waals surface area contributed by atoms with Crippen LogP contribution in [0, 0.1) is 6.92 Å². The third-order valence-corrected chi connectivity index (χ3v) is 7.77. The van der Waals surface area contributed by atoms with E-state index in [2.05, 4.69) is 26.4 Å². The molecule has 4 aromatic rings. The molecule has 1 fully saturated rings. The molecule has 1 heterocycles. The number of anilines is 1. The van der Waals surface area contributed by atoms with Crippen LogP contribution in [-0.2, 0) is 19.7 Å². The van der Waals surface area contributed by atoms with E-state index >= 15 is 0 Å². The van der Waals surface area contributed by atoms with Crippen LogP contribution < -0.4 is 5.32 Å². The van der Waals surface area contributed by atoms with E-state index in [0.717, 1.165) is 45.1 Å². The van der Waals surface area contributed by atoms with Crippen molar-refractivity contribution in [2.24, 2.45) is 0 Å². The SMILES string of the molecule is CCOC(=O)C1(c2ccc(-c3ccc(-c4onc(C)c4NC(=O)O[C@H](C)c4ccccc4Br)cc3)cc2)CC1. The van der Waals surface area contributed by atoms with Gasteiger partial charge >= 0.3 is 12.1 Å². The fourth-order valence-corrected chi connectivity index (χ4v) is 5.28. The Morgan fingerprint density at radius 1 is 1.00 bits per heavy atom. The van der Waals surface area contributed by atoms with Gasteiger partial charge in [0.1, 0.15) is 17.5 Å². The second-order valence-corrected chi connectivity index (χ2v) is 10.5. The van der Waals surface area contributed by atoms with Crippen molar-refractivity contribution in [3.05, 3.63) is 94.1 Å². The van der Waals surface area contributed by atoms with Crippen LogP contribution in [0.2, 0.25) is 0 Å². The predicted octanol–water partition coefficient (Wildman–Crippen LogP) is 7.98. The highest BCUT2D eigenvalue weighted by Gasteiger charge is 2.52. The number of ether oxygens (including phenoxy) is 2. The van der Waals surface area contributed by atoms with E-state index < -0.39 is 17.6 Å². The van der Waals surface area contributed by atoms with E-state index in [1.165, 1.54) is 0 Å². The minimum absolute atomic E-state index is 0.139. The molecular weight excluding hydrogens is 560 g/mol. The Bertz CT molecular complexity index is 1490. The van der Waals surface area contributed by atoms with Gasteiger partial charge < -0.3 is 14.0 Å². The molecule has 0 aliphatic heterocycles. The fraction of sp³-hybridized carbons (Fsp3) is 0.258. The summed E-state index contributed by atoms with van der Waals surface area (Å²) in [5.41, 5.74) is 5.20. The van der Waals surface area contributed by atoms with Crippen LogP contribution in [0.5, 0.6) is 0 Å². The molecule has 1 aromatic heterocycles. The van der Waals surface area contributed by atoms with Crippen LogP contribution in [-0.4, -0.2) is 23.8 Å². The summed E-state index contributed by atoms with van der Waals surface area (Å²) in [5, 5.41) is 6.85. The number of rotatable bonds is 8. The maximum Gasteiger partial charge on any atom is 0.412 e. The number of hydrogen-bond donors (Lipinski definition) is 1. The van der Waals surface area contributed by atoms with Gasteiger partial charge in [-0.05, 0) is 56.4 Å². The Labute approximate surface area is 235 Å². The summed E-state index contributed by atoms with van der Waals surface area (Å²) < 4.78 is 17.3. The van der Waals surface area contributed by atoms with E-state index in [-0.39, 0.29) is 5.97 Å². The first kappa shape index (κ1) is 26.7. The third kappa shape index (κ3) is 5.47. The molecule has 1 atom stereocenters. The van der Waals surface area contributed by atoms with E-state index in [1.54, 1.807) is 6.92 Å². The van der Waals surface area contributed by atoms with Crippen LogP contribution in [0.15, 0.2) is 81.8 Å². The lowest BCUT2D eigenvalue weighted by molar-refractivity contribution is -0.146. The van der Waals surface area contributed by atoms with Gasteiger partial charge in [-0.1, -0.05) is 87.8 Å². The van der Waals surface area contributed by atoms with Crippen LogP contribution in [0.1, 0.15) is 49.6 Å². The zero-order valence-electron chi connectivity index (χ0n) is 22.0. The monoisotopic (exact) mass is 588 g/mol. The number of hydrogen-bond acceptors (Lipinski definition) is 6. The topological polar surface area (TPSA) is 90.7 Å². The Morgan fingerprint density at radius 2 is 1.62 bits per heavy atom. The van der Waals surface area contributed by atoms with E-state index in [1.807, 2.05) is 86.6 Å². The molecule has 5 rings (SSSR count). The van der Waals surface area contributed by atoms with Crippen molar-refractivity contribution in [2.45, 2.75) is 45.1 Å². The molecular formula is C31H29BrN2O5. The molecule has 7 nitrogen and oxygen atoms in total. The van der Waals surface area contributed by atoms with Gasteiger partial charge in [0.2, 0.25) is 0 Å². The molecule has 3 aromatic carbocycles. The van der Waals surface area contributed by atoms with Crippen molar-refractivity contribution in [1.29, 1.82) is 0 Å². The lowest BCUT2D eigenvalue weighted by atomic mass is 9.93. The Balaban J connectivity index is 1.29. The van der Waals surface area contributed by atoms with Crippen molar-refractivity contribution in [3.63, 3.8) is 0 Å². The minimum atomic E-state index is -0.598. The van der Waals surface area contributed by atoms with Crippen molar-refractivity contribution >= 4 is 33.7 Å². The molecule has 0 radical (unpaired) electrons. The first-order chi connectivity index (χ1) is 18.8. The van der Waals surface area contributed by atoms with Crippen molar-refractivity contribution in [2.75, 3.05) is 11.9 Å². The zero-order valence-corrected chi connectivity index (χ0v) is 23.6. The van der Waals surface area contributed by atoms with E-state index in [9.17, 15) is 9.59 Å². The second kappa shape index (κ2) is 11.1. The normalized spacial score (nSPS) is 14.4. The highest BCUT2D eigenvalue weighted by Crippen LogP contribution is 2.49. The summed E-state index contributed by atoms with van der Waals surface area (Å²) in [6, 6.07) is 23.5. The van der Waals surface area contributed by atoms with Gasteiger partial charge in [0.05, 0.1) is 12.0 Å². The molecule has 0 bridgehead atoms. The number of nitrogens with zero attached hydrogens (tertiary/aromatic N) is 1. The second-order valence-electron chi connectivity index (χ2n) is 9.62. The number of aryl methyl sites for hydroxylation is 1. The Hall–Kier alpha value is -3.91. The third-order valence-electron chi connectivity index (χ3n) is 7.05. The molecule has 39 heavy (non-hydrogen) atoms. The van der Waals surface area contributed by atoms with Crippen molar-refractivity contribution < 1.29 is 23.6 Å². The maximum atomic E-state index is 12.7. The minimum Gasteiger partial charge on any atom is -0.465 e. The summed E-state index contributed by atoms with van der Waals surface area (Å²) in [6.45, 7) is 5.79. The van der Waals surface area contributed by atoms with E-state index in [4.69, 9.17) is 14.0 Å². The van der Waals surface area contributed by atoms with Crippen LogP contribution in [0.3, 0.4) is 0 Å².